The van der Waals surface area contributed by atoms with Crippen molar-refractivity contribution >= 4 is 0 Å². The van der Waals surface area contributed by atoms with E-state index in [-0.39, 0.29) is 26.5 Å². The Labute approximate surface area is 582 Å². The first kappa shape index (κ1) is 91.7. The molecule has 2 aromatic rings. The van der Waals surface area contributed by atoms with Crippen LogP contribution in [0, 0.1) is 141 Å². The lowest BCUT2D eigenvalue weighted by molar-refractivity contribution is 0.0559. The molecule has 10 atom stereocenters. The van der Waals surface area contributed by atoms with Crippen LogP contribution in [0.3, 0.4) is 0 Å². The van der Waals surface area contributed by atoms with Gasteiger partial charge in [0.25, 0.3) is 0 Å². The number of aliphatic hydroxyl groups excluding tert-OH is 1. The zero-order chi connectivity index (χ0) is 68.6. The average molecular weight is 1290 g/mol. The number of phenolic OH excluding ortho intramolecular Hbond substituents is 1. The van der Waals surface area contributed by atoms with Gasteiger partial charge in [-0.15, -0.1) is 0 Å². The number of aliphatic hydroxyl groups is 1. The molecule has 93 heavy (non-hydrogen) atoms. The predicted molar refractivity (Wildman–Crippen MR) is 411 cm³/mol. The summed E-state index contributed by atoms with van der Waals surface area (Å²) in [6.07, 6.45) is 36.5. The van der Waals surface area contributed by atoms with E-state index in [0.29, 0.717) is 54.1 Å². The van der Waals surface area contributed by atoms with E-state index < -0.39 is 0 Å². The second kappa shape index (κ2) is 51.8. The molecule has 0 aromatic heterocycles. The van der Waals surface area contributed by atoms with Crippen molar-refractivity contribution in [3.05, 3.63) is 77.1 Å². The SMILES string of the molecule is C.C.CC(C)C1CCCC1C#N.CC(C)C1CCCC1CO.CC(C)[C@H](CC#N)c1cccc(O)c1.CCC1CCCC1C(C)C.CCC[C@@H](C(C)C)C1CCCC1.CCC[C@@H](C(C)C)C1CCCC1.CC[C@H](c1ccccc1)C(C)C.[C-]#[N+]C1CC(CC)(C(C)C)C1. The highest BCUT2D eigenvalue weighted by atomic mass is 16.3. The molecule has 6 fully saturated rings. The van der Waals surface area contributed by atoms with Crippen molar-refractivity contribution in [2.45, 2.75) is 351 Å². The molecule has 0 heterocycles. The standard InChI is InChI=1S/C12H15NO.C12H18.2C12H24.C10H17N.C10H20.C9H15N.C9H18O.2CH4/c1-9(2)12(6-7-13)10-4-3-5-11(14)8-10;1-4-12(10(2)3)11-8-6-5-7-9-11;2*1-4-7-12(10(2)3)11-8-5-6-9-11;1-5-10(8(2)3)6-9(7-10)11-4;1-4-9-6-5-7-10(9)8(2)3;2*1-7(2)9-5-3-4-8(9)6-10;;/h3-5,8-9,12,14H,6H2,1-2H3;5-10,12H,4H2,1-3H3;2*10-12H,4-9H2,1-3H3;8-9H,5-7H2,1-3H3;8-10H,4-7H2,1-3H3;7-9H,3-5H2,1-2H3;7-10H,3-6H2,1-2H3;2*1H4/t4*12-;;;;;;/m0000....../s1. The van der Waals surface area contributed by atoms with Crippen LogP contribution < -0.4 is 0 Å². The molecule has 2 aromatic carbocycles. The molecule has 0 amide bonds. The summed E-state index contributed by atoms with van der Waals surface area (Å²) in [5, 5.41) is 35.8. The molecule has 538 valence electrons. The van der Waals surface area contributed by atoms with E-state index >= 15 is 0 Å². The largest absolute Gasteiger partial charge is 0.508 e. The summed E-state index contributed by atoms with van der Waals surface area (Å²) < 4.78 is 0. The number of nitrogens with zero attached hydrogens (tertiary/aromatic N) is 3. The third-order valence-corrected chi connectivity index (χ3v) is 23.7. The summed E-state index contributed by atoms with van der Waals surface area (Å²) in [5.41, 5.74) is 3.05. The third kappa shape index (κ3) is 33.7. The van der Waals surface area contributed by atoms with E-state index in [1.807, 2.05) is 12.1 Å². The van der Waals surface area contributed by atoms with Gasteiger partial charge in [-0.25, -0.2) is 6.57 Å². The summed E-state index contributed by atoms with van der Waals surface area (Å²) in [6, 6.07) is 22.9. The molecule has 5 nitrogen and oxygen atoms in total. The lowest BCUT2D eigenvalue weighted by atomic mass is 9.58. The quantitative estimate of drug-likeness (QED) is 0.122. The predicted octanol–water partition coefficient (Wildman–Crippen LogP) is 27.9. The molecule has 6 saturated carbocycles. The summed E-state index contributed by atoms with van der Waals surface area (Å²) >= 11 is 0. The molecule has 6 aliphatic carbocycles. The van der Waals surface area contributed by atoms with E-state index in [4.69, 9.17) is 22.2 Å². The van der Waals surface area contributed by atoms with Crippen molar-refractivity contribution in [2.75, 3.05) is 6.61 Å². The Kier molecular flexibility index (Phi) is 51.1. The van der Waals surface area contributed by atoms with Gasteiger partial charge in [0.2, 0.25) is 6.04 Å². The lowest BCUT2D eigenvalue weighted by Gasteiger charge is -2.44. The Hall–Kier alpha value is -3.33. The lowest BCUT2D eigenvalue weighted by Crippen LogP contribution is -2.42. The molecule has 8 rings (SSSR count). The highest BCUT2D eigenvalue weighted by Gasteiger charge is 2.49. The minimum atomic E-state index is 0. The van der Waals surface area contributed by atoms with Crippen molar-refractivity contribution in [1.29, 1.82) is 10.5 Å². The summed E-state index contributed by atoms with van der Waals surface area (Å²) in [5.74, 6) is 16.1. The number of hydrogen-bond acceptors (Lipinski definition) is 4. The fourth-order valence-electron chi connectivity index (χ4n) is 17.8. The first-order valence-corrected chi connectivity index (χ1v) is 38.9. The van der Waals surface area contributed by atoms with Crippen LogP contribution in [0.2, 0.25) is 0 Å². The Morgan fingerprint density at radius 3 is 1.29 bits per heavy atom. The van der Waals surface area contributed by atoms with Gasteiger partial charge in [-0.1, -0.05) is 312 Å². The first-order chi connectivity index (χ1) is 43.3. The van der Waals surface area contributed by atoms with Crippen LogP contribution in [0.4, 0.5) is 0 Å². The smallest absolute Gasteiger partial charge is 0.224 e. The number of phenols is 1. The van der Waals surface area contributed by atoms with E-state index in [9.17, 15) is 5.11 Å². The topological polar surface area (TPSA) is 92.4 Å². The molecule has 5 heteroatoms. The molecule has 2 N–H and O–H groups in total. The van der Waals surface area contributed by atoms with E-state index in [1.54, 1.807) is 12.1 Å². The van der Waals surface area contributed by atoms with Crippen molar-refractivity contribution < 1.29 is 10.2 Å². The highest BCUT2D eigenvalue weighted by molar-refractivity contribution is 5.30. The number of hydrogen-bond donors (Lipinski definition) is 2. The van der Waals surface area contributed by atoms with Crippen LogP contribution in [-0.2, 0) is 0 Å². The molecule has 0 bridgehead atoms. The van der Waals surface area contributed by atoms with Gasteiger partial charge >= 0.3 is 0 Å². The Bertz CT molecular complexity index is 2130. The number of nitriles is 2. The molecule has 6 aliphatic rings. The first-order valence-electron chi connectivity index (χ1n) is 38.9. The van der Waals surface area contributed by atoms with Gasteiger partial charge in [-0.2, -0.15) is 10.5 Å². The van der Waals surface area contributed by atoms with Crippen LogP contribution in [-0.4, -0.2) is 22.9 Å². The van der Waals surface area contributed by atoms with Gasteiger partial charge in [-0.3, -0.25) is 0 Å². The number of aromatic hydroxyl groups is 1. The molecule has 0 spiro atoms. The normalized spacial score (nSPS) is 24.3. The Morgan fingerprint density at radius 1 is 0.527 bits per heavy atom. The zero-order valence-electron chi connectivity index (χ0n) is 63.9. The van der Waals surface area contributed by atoms with Gasteiger partial charge in [0.1, 0.15) is 5.75 Å². The monoisotopic (exact) mass is 1290 g/mol. The van der Waals surface area contributed by atoms with Crippen LogP contribution in [0.25, 0.3) is 4.85 Å². The molecular formula is C88H159N3O2. The van der Waals surface area contributed by atoms with E-state index in [0.717, 1.165) is 108 Å². The maximum Gasteiger partial charge on any atom is 0.224 e. The minimum absolute atomic E-state index is 0. The molecule has 6 unspecified atom stereocenters. The van der Waals surface area contributed by atoms with Crippen molar-refractivity contribution in [1.82, 2.24) is 0 Å². The Morgan fingerprint density at radius 2 is 0.968 bits per heavy atom. The zero-order valence-corrected chi connectivity index (χ0v) is 63.9. The highest BCUT2D eigenvalue weighted by Crippen LogP contribution is 2.51. The second-order valence-electron chi connectivity index (χ2n) is 32.4. The number of benzene rings is 2. The maximum atomic E-state index is 9.33. The van der Waals surface area contributed by atoms with Gasteiger partial charge in [-0.05, 0) is 186 Å². The average Bonchev–Trinajstić information content (AvgIpc) is 1.60. The van der Waals surface area contributed by atoms with Crippen LogP contribution in [0.15, 0.2) is 54.6 Å². The fraction of sp³-hybridized carbons (Fsp3) is 0.830. The summed E-state index contributed by atoms with van der Waals surface area (Å²) in [6.45, 7) is 55.4. The van der Waals surface area contributed by atoms with Gasteiger partial charge < -0.3 is 15.1 Å². The third-order valence-electron chi connectivity index (χ3n) is 23.7. The van der Waals surface area contributed by atoms with Crippen LogP contribution in [0.5, 0.6) is 5.75 Å². The summed E-state index contributed by atoms with van der Waals surface area (Å²) in [4.78, 5) is 3.57. The van der Waals surface area contributed by atoms with Crippen molar-refractivity contribution in [3.8, 4) is 17.9 Å². The molecule has 0 radical (unpaired) electrons. The second-order valence-corrected chi connectivity index (χ2v) is 32.4. The minimum Gasteiger partial charge on any atom is -0.508 e. The van der Waals surface area contributed by atoms with Gasteiger partial charge in [0.05, 0.1) is 12.1 Å². The molecular weight excluding hydrogens is 1130 g/mol. The van der Waals surface area contributed by atoms with Crippen LogP contribution in [0.1, 0.15) is 357 Å². The summed E-state index contributed by atoms with van der Waals surface area (Å²) in [7, 11) is 0. The van der Waals surface area contributed by atoms with E-state index in [1.165, 1.54) is 153 Å². The van der Waals surface area contributed by atoms with Crippen molar-refractivity contribution in [3.63, 3.8) is 0 Å². The maximum absolute atomic E-state index is 9.33. The van der Waals surface area contributed by atoms with Gasteiger partial charge in [0.15, 0.2) is 0 Å². The Balaban J connectivity index is 0. The van der Waals surface area contributed by atoms with Gasteiger partial charge in [0, 0.05) is 31.8 Å². The molecule has 0 aliphatic heterocycles. The fourth-order valence-corrected chi connectivity index (χ4v) is 17.8. The van der Waals surface area contributed by atoms with E-state index in [2.05, 4.69) is 193 Å². The number of rotatable bonds is 21. The van der Waals surface area contributed by atoms with Crippen molar-refractivity contribution in [2.24, 2.45) is 112 Å². The molecule has 0 saturated heterocycles. The van der Waals surface area contributed by atoms with Crippen LogP contribution >= 0.6 is 0 Å².